The van der Waals surface area contributed by atoms with Gasteiger partial charge in [-0.3, -0.25) is 0 Å². The molecule has 1 aromatic carbocycles. The highest BCUT2D eigenvalue weighted by atomic mass is 16.5. The molecular formula is C15H18N2O. The predicted octanol–water partition coefficient (Wildman–Crippen LogP) is 2.56. The first-order valence-electron chi connectivity index (χ1n) is 6.05. The monoisotopic (exact) mass is 242 g/mol. The van der Waals surface area contributed by atoms with Gasteiger partial charge in [0.1, 0.15) is 0 Å². The fraction of sp³-hybridized carbons (Fsp3) is 0.267. The molecule has 2 rings (SSSR count). The van der Waals surface area contributed by atoms with Crippen molar-refractivity contribution in [2.45, 2.75) is 26.3 Å². The van der Waals surface area contributed by atoms with Crippen LogP contribution >= 0.6 is 0 Å². The third kappa shape index (κ3) is 2.75. The molecule has 1 atom stereocenters. The van der Waals surface area contributed by atoms with Crippen LogP contribution in [0.2, 0.25) is 0 Å². The van der Waals surface area contributed by atoms with Gasteiger partial charge in [0.25, 0.3) is 0 Å². The molecule has 0 saturated heterocycles. The van der Waals surface area contributed by atoms with Crippen LogP contribution in [-0.2, 0) is 0 Å². The van der Waals surface area contributed by atoms with Crippen LogP contribution in [0, 0.1) is 5.21 Å². The lowest BCUT2D eigenvalue weighted by Gasteiger charge is -2.33. The van der Waals surface area contributed by atoms with E-state index in [1.807, 2.05) is 57.2 Å². The van der Waals surface area contributed by atoms with Gasteiger partial charge in [0.05, 0.1) is 5.54 Å². The maximum absolute atomic E-state index is 12.1. The number of hydrogen-bond acceptors (Lipinski definition) is 2. The average Bonchev–Trinajstić information content (AvgIpc) is 2.38. The molecule has 2 aromatic rings. The van der Waals surface area contributed by atoms with Gasteiger partial charge in [0, 0.05) is 17.8 Å². The van der Waals surface area contributed by atoms with Crippen LogP contribution in [-0.4, -0.2) is 10.5 Å². The van der Waals surface area contributed by atoms with Crippen LogP contribution in [0.3, 0.4) is 0 Å². The van der Waals surface area contributed by atoms with E-state index in [4.69, 9.17) is 0 Å². The molecule has 0 amide bonds. The molecule has 3 nitrogen and oxygen atoms in total. The molecule has 18 heavy (non-hydrogen) atoms. The van der Waals surface area contributed by atoms with Crippen molar-refractivity contribution in [1.82, 2.24) is 4.98 Å². The molecular weight excluding hydrogens is 224 g/mol. The summed E-state index contributed by atoms with van der Waals surface area (Å²) in [4.78, 5) is 4.27. The summed E-state index contributed by atoms with van der Waals surface area (Å²) >= 11 is 0. The summed E-state index contributed by atoms with van der Waals surface area (Å²) in [5, 5.41) is 12.1. The Morgan fingerprint density at radius 3 is 2.11 bits per heavy atom. The van der Waals surface area contributed by atoms with Gasteiger partial charge in [0.2, 0.25) is 5.82 Å². The summed E-state index contributed by atoms with van der Waals surface area (Å²) in [5.41, 5.74) is 1.75. The summed E-state index contributed by atoms with van der Waals surface area (Å²) in [7, 11) is 0. The van der Waals surface area contributed by atoms with E-state index in [2.05, 4.69) is 4.98 Å². The van der Waals surface area contributed by atoms with Gasteiger partial charge in [-0.1, -0.05) is 30.3 Å². The minimum absolute atomic E-state index is 0.0714. The van der Waals surface area contributed by atoms with E-state index in [-0.39, 0.29) is 10.6 Å². The van der Waals surface area contributed by atoms with Crippen molar-refractivity contribution >= 4 is 5.82 Å². The lowest BCUT2D eigenvalue weighted by atomic mass is 10.1. The number of nitrogens with one attached hydrogen (secondary N) is 1. The Morgan fingerprint density at radius 1 is 0.944 bits per heavy atom. The zero-order chi connectivity index (χ0) is 13.2. The Hall–Kier alpha value is -1.71. The summed E-state index contributed by atoms with van der Waals surface area (Å²) in [5.74, 6) is 0.530. The minimum atomic E-state index is -0.388. The third-order valence-electron chi connectivity index (χ3n) is 2.78. The molecule has 0 aliphatic rings. The Morgan fingerprint density at radius 2 is 1.61 bits per heavy atom. The second-order valence-electron chi connectivity index (χ2n) is 5.38. The molecule has 0 bridgehead atoms. The van der Waals surface area contributed by atoms with E-state index in [0.717, 1.165) is 11.1 Å². The Balaban J connectivity index is 2.26. The number of quaternary nitrogens is 1. The predicted molar refractivity (Wildman–Crippen MR) is 73.4 cm³/mol. The number of pyridine rings is 1. The molecule has 1 aromatic heterocycles. The quantitative estimate of drug-likeness (QED) is 0.822. The topological polar surface area (TPSA) is 40.4 Å². The highest BCUT2D eigenvalue weighted by Crippen LogP contribution is 2.18. The zero-order valence-corrected chi connectivity index (χ0v) is 11.0. The molecule has 0 spiro atoms. The van der Waals surface area contributed by atoms with E-state index in [0.29, 0.717) is 5.82 Å². The van der Waals surface area contributed by atoms with E-state index in [1.165, 1.54) is 0 Å². The van der Waals surface area contributed by atoms with Crippen LogP contribution in [0.4, 0.5) is 5.82 Å². The highest BCUT2D eigenvalue weighted by Gasteiger charge is 2.20. The lowest BCUT2D eigenvalue weighted by Crippen LogP contribution is -3.10. The number of aromatic nitrogens is 1. The van der Waals surface area contributed by atoms with Crippen LogP contribution in [0.25, 0.3) is 11.1 Å². The largest absolute Gasteiger partial charge is 0.627 e. The van der Waals surface area contributed by atoms with Crippen molar-refractivity contribution in [2.24, 2.45) is 0 Å². The van der Waals surface area contributed by atoms with Gasteiger partial charge in [-0.25, -0.2) is 4.98 Å². The second-order valence-corrected chi connectivity index (χ2v) is 5.38. The fourth-order valence-electron chi connectivity index (χ4n) is 1.71. The summed E-state index contributed by atoms with van der Waals surface area (Å²) in [6, 6.07) is 13.8. The Labute approximate surface area is 108 Å². The van der Waals surface area contributed by atoms with Crippen LogP contribution in [0.5, 0.6) is 0 Å². The molecule has 3 heteroatoms. The lowest BCUT2D eigenvalue weighted by molar-refractivity contribution is -0.834. The van der Waals surface area contributed by atoms with Gasteiger partial charge in [-0.05, 0) is 32.4 Å². The normalized spacial score (nSPS) is 13.3. The molecule has 0 aliphatic carbocycles. The molecule has 0 radical (unpaired) electrons. The van der Waals surface area contributed by atoms with Crippen molar-refractivity contribution in [3.63, 3.8) is 0 Å². The van der Waals surface area contributed by atoms with Gasteiger partial charge in [-0.2, -0.15) is 0 Å². The molecule has 0 fully saturated rings. The van der Waals surface area contributed by atoms with E-state index in [1.54, 1.807) is 12.3 Å². The highest BCUT2D eigenvalue weighted by molar-refractivity contribution is 5.62. The fourth-order valence-corrected chi connectivity index (χ4v) is 1.71. The standard InChI is InChI=1S/C15H18N2O/c1-15(2,3)17(18)14-10-9-13(11-16-14)12-7-5-4-6-8-12/h4-11,17H,1-3H3. The number of rotatable bonds is 2. The third-order valence-corrected chi connectivity index (χ3v) is 2.78. The van der Waals surface area contributed by atoms with Crippen molar-refractivity contribution in [3.05, 3.63) is 53.9 Å². The molecule has 1 N–H and O–H groups in total. The van der Waals surface area contributed by atoms with Crippen molar-refractivity contribution in [2.75, 3.05) is 0 Å². The Bertz CT molecular complexity index is 500. The SMILES string of the molecule is CC(C)(C)[NH+]([O-])c1ccc(-c2ccccc2)cn1. The van der Waals surface area contributed by atoms with Gasteiger partial charge in [0.15, 0.2) is 0 Å². The van der Waals surface area contributed by atoms with Crippen molar-refractivity contribution < 1.29 is 5.06 Å². The Kier molecular flexibility index (Phi) is 3.45. The second kappa shape index (κ2) is 4.88. The van der Waals surface area contributed by atoms with Gasteiger partial charge in [-0.15, -0.1) is 0 Å². The summed E-state index contributed by atoms with van der Waals surface area (Å²) in [6.45, 7) is 5.71. The zero-order valence-electron chi connectivity index (χ0n) is 11.0. The first-order valence-corrected chi connectivity index (χ1v) is 6.05. The maximum Gasteiger partial charge on any atom is 0.226 e. The first-order chi connectivity index (χ1) is 8.48. The molecule has 94 valence electrons. The number of benzene rings is 1. The van der Waals surface area contributed by atoms with E-state index in [9.17, 15) is 5.21 Å². The van der Waals surface area contributed by atoms with E-state index < -0.39 is 0 Å². The average molecular weight is 242 g/mol. The molecule has 0 saturated carbocycles. The van der Waals surface area contributed by atoms with Crippen LogP contribution < -0.4 is 5.06 Å². The van der Waals surface area contributed by atoms with Crippen molar-refractivity contribution in [1.29, 1.82) is 0 Å². The maximum atomic E-state index is 12.1. The van der Waals surface area contributed by atoms with Gasteiger partial charge >= 0.3 is 0 Å². The van der Waals surface area contributed by atoms with Gasteiger partial charge < -0.3 is 10.3 Å². The van der Waals surface area contributed by atoms with Crippen LogP contribution in [0.15, 0.2) is 48.7 Å². The van der Waals surface area contributed by atoms with Crippen molar-refractivity contribution in [3.8, 4) is 11.1 Å². The molecule has 1 heterocycles. The first kappa shape index (κ1) is 12.7. The number of nitrogens with zero attached hydrogens (tertiary/aromatic N) is 1. The van der Waals surface area contributed by atoms with E-state index >= 15 is 0 Å². The smallest absolute Gasteiger partial charge is 0.226 e. The molecule has 1 unspecified atom stereocenters. The minimum Gasteiger partial charge on any atom is -0.627 e. The van der Waals surface area contributed by atoms with Crippen LogP contribution in [0.1, 0.15) is 20.8 Å². The number of hydrogen-bond donors (Lipinski definition) is 1. The molecule has 0 aliphatic heterocycles. The summed E-state index contributed by atoms with van der Waals surface area (Å²) < 4.78 is 0. The number of hydroxylamine groups is 1. The summed E-state index contributed by atoms with van der Waals surface area (Å²) in [6.07, 6.45) is 1.76.